The first-order valence-corrected chi connectivity index (χ1v) is 6.78. The standard InChI is InChI=1S/C11H17ClN2OS/c1-2-8-7(5-6-15-8)11(14-13)9-3-4-10(12)16-9/h3-4,7-8,11,14H,2,5-6,13H2,1H3. The van der Waals surface area contributed by atoms with E-state index < -0.39 is 0 Å². The second-order valence-corrected chi connectivity index (χ2v) is 5.80. The van der Waals surface area contributed by atoms with E-state index in [2.05, 4.69) is 12.3 Å². The Balaban J connectivity index is 2.15. The number of nitrogens with one attached hydrogen (secondary N) is 1. The molecule has 1 saturated heterocycles. The third-order valence-electron chi connectivity index (χ3n) is 3.17. The van der Waals surface area contributed by atoms with Crippen LogP contribution in [0.15, 0.2) is 12.1 Å². The van der Waals surface area contributed by atoms with Gasteiger partial charge in [-0.15, -0.1) is 11.3 Å². The van der Waals surface area contributed by atoms with E-state index in [9.17, 15) is 0 Å². The molecule has 0 amide bonds. The lowest BCUT2D eigenvalue weighted by molar-refractivity contribution is 0.0778. The molecule has 0 spiro atoms. The molecule has 2 rings (SSSR count). The van der Waals surface area contributed by atoms with E-state index in [1.165, 1.54) is 4.88 Å². The molecule has 0 saturated carbocycles. The highest BCUT2D eigenvalue weighted by Gasteiger charge is 2.34. The van der Waals surface area contributed by atoms with Crippen molar-refractivity contribution in [2.24, 2.45) is 11.8 Å². The lowest BCUT2D eigenvalue weighted by atomic mass is 9.91. The van der Waals surface area contributed by atoms with E-state index in [0.717, 1.165) is 23.8 Å². The Morgan fingerprint density at radius 3 is 3.06 bits per heavy atom. The van der Waals surface area contributed by atoms with Crippen LogP contribution in [0, 0.1) is 5.92 Å². The van der Waals surface area contributed by atoms with Gasteiger partial charge in [0.05, 0.1) is 16.5 Å². The van der Waals surface area contributed by atoms with Crippen LogP contribution in [0.5, 0.6) is 0 Å². The maximum absolute atomic E-state index is 5.96. The number of ether oxygens (including phenoxy) is 1. The SMILES string of the molecule is CCC1OCCC1C(NN)c1ccc(Cl)s1. The van der Waals surface area contributed by atoms with Crippen molar-refractivity contribution in [1.29, 1.82) is 0 Å². The van der Waals surface area contributed by atoms with Gasteiger partial charge in [0.1, 0.15) is 0 Å². The summed E-state index contributed by atoms with van der Waals surface area (Å²) in [7, 11) is 0. The average Bonchev–Trinajstić information content (AvgIpc) is 2.89. The molecule has 90 valence electrons. The van der Waals surface area contributed by atoms with E-state index >= 15 is 0 Å². The second-order valence-electron chi connectivity index (χ2n) is 4.06. The molecule has 2 heterocycles. The Bertz CT molecular complexity index is 344. The van der Waals surface area contributed by atoms with Gasteiger partial charge in [0.2, 0.25) is 0 Å². The summed E-state index contributed by atoms with van der Waals surface area (Å²) in [5.41, 5.74) is 2.91. The molecule has 3 N–H and O–H groups in total. The third-order valence-corrected chi connectivity index (χ3v) is 4.49. The van der Waals surface area contributed by atoms with Crippen LogP contribution in [0.4, 0.5) is 0 Å². The van der Waals surface area contributed by atoms with Crippen molar-refractivity contribution in [3.63, 3.8) is 0 Å². The van der Waals surface area contributed by atoms with Gasteiger partial charge in [0, 0.05) is 17.4 Å². The maximum Gasteiger partial charge on any atom is 0.0931 e. The Morgan fingerprint density at radius 2 is 2.50 bits per heavy atom. The summed E-state index contributed by atoms with van der Waals surface area (Å²) in [4.78, 5) is 1.20. The number of nitrogens with two attached hydrogens (primary N) is 1. The molecule has 3 atom stereocenters. The molecular weight excluding hydrogens is 244 g/mol. The van der Waals surface area contributed by atoms with Gasteiger partial charge in [-0.25, -0.2) is 0 Å². The molecule has 3 unspecified atom stereocenters. The van der Waals surface area contributed by atoms with E-state index in [0.29, 0.717) is 12.0 Å². The average molecular weight is 261 g/mol. The Labute approximate surface area is 105 Å². The van der Waals surface area contributed by atoms with Crippen molar-refractivity contribution in [1.82, 2.24) is 5.43 Å². The molecule has 0 aliphatic carbocycles. The van der Waals surface area contributed by atoms with Crippen LogP contribution in [0.2, 0.25) is 4.34 Å². The summed E-state index contributed by atoms with van der Waals surface area (Å²) < 4.78 is 6.51. The van der Waals surface area contributed by atoms with Crippen molar-refractivity contribution in [2.75, 3.05) is 6.61 Å². The second kappa shape index (κ2) is 5.47. The zero-order valence-electron chi connectivity index (χ0n) is 9.28. The fraction of sp³-hybridized carbons (Fsp3) is 0.636. The zero-order chi connectivity index (χ0) is 11.5. The number of thiophene rings is 1. The third kappa shape index (κ3) is 2.41. The van der Waals surface area contributed by atoms with Crippen LogP contribution >= 0.6 is 22.9 Å². The molecule has 1 aliphatic rings. The molecule has 3 nitrogen and oxygen atoms in total. The lowest BCUT2D eigenvalue weighted by Crippen LogP contribution is -2.36. The lowest BCUT2D eigenvalue weighted by Gasteiger charge is -2.25. The summed E-state index contributed by atoms with van der Waals surface area (Å²) in [5.74, 6) is 6.12. The van der Waals surface area contributed by atoms with Crippen LogP contribution in [0.3, 0.4) is 0 Å². The van der Waals surface area contributed by atoms with Crippen molar-refractivity contribution >= 4 is 22.9 Å². The van der Waals surface area contributed by atoms with Gasteiger partial charge in [-0.3, -0.25) is 11.3 Å². The molecular formula is C11H17ClN2OS. The first-order chi connectivity index (χ1) is 7.76. The smallest absolute Gasteiger partial charge is 0.0931 e. The predicted octanol–water partition coefficient (Wildman–Crippen LogP) is 2.72. The highest BCUT2D eigenvalue weighted by Crippen LogP contribution is 2.37. The number of rotatable bonds is 4. The minimum atomic E-state index is 0.157. The van der Waals surface area contributed by atoms with Gasteiger partial charge in [-0.05, 0) is 25.0 Å². The van der Waals surface area contributed by atoms with E-state index in [-0.39, 0.29) is 6.04 Å². The maximum atomic E-state index is 5.96. The van der Waals surface area contributed by atoms with Gasteiger partial charge in [0.25, 0.3) is 0 Å². The van der Waals surface area contributed by atoms with Crippen LogP contribution in [0.1, 0.15) is 30.7 Å². The molecule has 0 aromatic carbocycles. The van der Waals surface area contributed by atoms with Crippen molar-refractivity contribution in [2.45, 2.75) is 31.9 Å². The van der Waals surface area contributed by atoms with Gasteiger partial charge >= 0.3 is 0 Å². The molecule has 0 radical (unpaired) electrons. The summed E-state index contributed by atoms with van der Waals surface area (Å²) in [6, 6.07) is 4.12. The predicted molar refractivity (Wildman–Crippen MR) is 67.5 cm³/mol. The monoisotopic (exact) mass is 260 g/mol. The zero-order valence-corrected chi connectivity index (χ0v) is 10.9. The van der Waals surface area contributed by atoms with Crippen molar-refractivity contribution in [3.8, 4) is 0 Å². The Hall–Kier alpha value is -0.130. The minimum absolute atomic E-state index is 0.157. The van der Waals surface area contributed by atoms with E-state index in [1.807, 2.05) is 12.1 Å². The molecule has 1 aliphatic heterocycles. The summed E-state index contributed by atoms with van der Waals surface area (Å²) in [6.07, 6.45) is 2.40. The van der Waals surface area contributed by atoms with Gasteiger partial charge < -0.3 is 4.74 Å². The number of hydrazine groups is 1. The summed E-state index contributed by atoms with van der Waals surface area (Å²) >= 11 is 7.54. The van der Waals surface area contributed by atoms with E-state index in [4.69, 9.17) is 22.2 Å². The Morgan fingerprint density at radius 1 is 1.69 bits per heavy atom. The van der Waals surface area contributed by atoms with Crippen molar-refractivity contribution < 1.29 is 4.74 Å². The minimum Gasteiger partial charge on any atom is -0.378 e. The molecule has 0 bridgehead atoms. The van der Waals surface area contributed by atoms with Crippen molar-refractivity contribution in [3.05, 3.63) is 21.3 Å². The highest BCUT2D eigenvalue weighted by molar-refractivity contribution is 7.16. The van der Waals surface area contributed by atoms with Crippen LogP contribution in [-0.4, -0.2) is 12.7 Å². The number of hydrogen-bond acceptors (Lipinski definition) is 4. The van der Waals surface area contributed by atoms with Crippen LogP contribution in [0.25, 0.3) is 0 Å². The summed E-state index contributed by atoms with van der Waals surface area (Å²) in [6.45, 7) is 2.98. The molecule has 16 heavy (non-hydrogen) atoms. The number of halogens is 1. The molecule has 5 heteroatoms. The normalized spacial score (nSPS) is 27.2. The van der Waals surface area contributed by atoms with Crippen LogP contribution < -0.4 is 11.3 Å². The van der Waals surface area contributed by atoms with Gasteiger partial charge in [-0.1, -0.05) is 18.5 Å². The van der Waals surface area contributed by atoms with E-state index in [1.54, 1.807) is 11.3 Å². The topological polar surface area (TPSA) is 47.3 Å². The molecule has 1 aromatic rings. The fourth-order valence-corrected chi connectivity index (χ4v) is 3.58. The summed E-state index contributed by atoms with van der Waals surface area (Å²) in [5, 5.41) is 0. The van der Waals surface area contributed by atoms with Gasteiger partial charge in [-0.2, -0.15) is 0 Å². The van der Waals surface area contributed by atoms with Crippen LogP contribution in [-0.2, 0) is 4.74 Å². The Kier molecular flexibility index (Phi) is 4.21. The number of hydrogen-bond donors (Lipinski definition) is 2. The molecule has 1 fully saturated rings. The first-order valence-electron chi connectivity index (χ1n) is 5.59. The highest BCUT2D eigenvalue weighted by atomic mass is 35.5. The fourth-order valence-electron chi connectivity index (χ4n) is 2.38. The largest absolute Gasteiger partial charge is 0.378 e. The van der Waals surface area contributed by atoms with Gasteiger partial charge in [0.15, 0.2) is 0 Å². The molecule has 1 aromatic heterocycles. The quantitative estimate of drug-likeness (QED) is 0.646. The first kappa shape index (κ1) is 12.3.